The number of nitrogens with one attached hydrogen (secondary N) is 1. The molecule has 0 heterocycles. The highest BCUT2D eigenvalue weighted by Gasteiger charge is 2.03. The number of hydrogen-bond acceptors (Lipinski definition) is 2. The Morgan fingerprint density at radius 1 is 0.815 bits per heavy atom. The topological polar surface area (TPSA) is 46.2 Å². The molecule has 136 valence electrons. The van der Waals surface area contributed by atoms with Crippen molar-refractivity contribution >= 4 is 12.2 Å². The van der Waals surface area contributed by atoms with E-state index in [2.05, 4.69) is 29.6 Å². The maximum atomic E-state index is 12.0. The first kappa shape index (κ1) is 18.6. The molecule has 1 amide bonds. The minimum absolute atomic E-state index is 0.0173. The molecule has 0 bridgehead atoms. The van der Waals surface area contributed by atoms with Gasteiger partial charge in [0.25, 0.3) is 5.91 Å². The summed E-state index contributed by atoms with van der Waals surface area (Å²) in [5, 5.41) is 2.97. The smallest absolute Gasteiger partial charge is 0.251 e. The molecule has 0 aliphatic carbocycles. The predicted octanol–water partition coefficient (Wildman–Crippen LogP) is 4.92. The highest BCUT2D eigenvalue weighted by Crippen LogP contribution is 2.21. The molecule has 0 aliphatic heterocycles. The third-order valence-corrected chi connectivity index (χ3v) is 4.52. The Morgan fingerprint density at radius 2 is 1.59 bits per heavy atom. The van der Waals surface area contributed by atoms with Gasteiger partial charge in [-0.05, 0) is 48.1 Å². The second kappa shape index (κ2) is 9.48. The van der Waals surface area contributed by atoms with E-state index in [4.69, 9.17) is 0 Å². The Morgan fingerprint density at radius 3 is 2.33 bits per heavy atom. The van der Waals surface area contributed by atoms with Crippen LogP contribution < -0.4 is 5.32 Å². The Kier molecular flexibility index (Phi) is 6.53. The normalized spacial score (nSPS) is 10.4. The van der Waals surface area contributed by atoms with Crippen molar-refractivity contribution in [3.63, 3.8) is 0 Å². The van der Waals surface area contributed by atoms with E-state index >= 15 is 0 Å². The lowest BCUT2D eigenvalue weighted by Crippen LogP contribution is -2.24. The Bertz CT molecular complexity index is 886. The van der Waals surface area contributed by atoms with Gasteiger partial charge in [-0.1, -0.05) is 66.7 Å². The van der Waals surface area contributed by atoms with Crippen molar-refractivity contribution in [3.8, 4) is 11.1 Å². The first-order valence-electron chi connectivity index (χ1n) is 9.24. The largest absolute Gasteiger partial charge is 0.352 e. The molecule has 3 heteroatoms. The molecule has 0 spiro atoms. The van der Waals surface area contributed by atoms with Crippen LogP contribution in [0.15, 0.2) is 78.9 Å². The van der Waals surface area contributed by atoms with E-state index in [0.717, 1.165) is 36.7 Å². The van der Waals surface area contributed by atoms with Crippen molar-refractivity contribution in [2.75, 3.05) is 6.54 Å². The SMILES string of the molecule is O=Cc1ccc(-c2cccc(CCCCNC(=O)c3ccccc3)c2)cc1. The summed E-state index contributed by atoms with van der Waals surface area (Å²) >= 11 is 0. The molecule has 0 radical (unpaired) electrons. The molecule has 0 saturated carbocycles. The van der Waals surface area contributed by atoms with Gasteiger partial charge < -0.3 is 5.32 Å². The molecule has 27 heavy (non-hydrogen) atoms. The van der Waals surface area contributed by atoms with Crippen molar-refractivity contribution < 1.29 is 9.59 Å². The van der Waals surface area contributed by atoms with Gasteiger partial charge in [0.15, 0.2) is 0 Å². The van der Waals surface area contributed by atoms with Crippen molar-refractivity contribution in [3.05, 3.63) is 95.6 Å². The number of benzene rings is 3. The summed E-state index contributed by atoms with van der Waals surface area (Å²) in [5.41, 5.74) is 4.93. The Labute approximate surface area is 160 Å². The highest BCUT2D eigenvalue weighted by molar-refractivity contribution is 5.94. The van der Waals surface area contributed by atoms with Crippen LogP contribution in [-0.4, -0.2) is 18.7 Å². The zero-order valence-corrected chi connectivity index (χ0v) is 15.2. The molecule has 1 N–H and O–H groups in total. The molecule has 0 unspecified atom stereocenters. The molecule has 0 atom stereocenters. The van der Waals surface area contributed by atoms with Crippen molar-refractivity contribution in [2.45, 2.75) is 19.3 Å². The molecule has 0 fully saturated rings. The van der Waals surface area contributed by atoms with Gasteiger partial charge in [-0.3, -0.25) is 9.59 Å². The van der Waals surface area contributed by atoms with Crippen LogP contribution in [0.5, 0.6) is 0 Å². The number of amides is 1. The molecule has 3 nitrogen and oxygen atoms in total. The quantitative estimate of drug-likeness (QED) is 0.459. The number of carbonyl (C=O) groups excluding carboxylic acids is 2. The molecule has 0 aliphatic rings. The van der Waals surface area contributed by atoms with Crippen molar-refractivity contribution in [1.29, 1.82) is 0 Å². The number of aryl methyl sites for hydroxylation is 1. The molecule has 3 rings (SSSR count). The zero-order chi connectivity index (χ0) is 18.9. The van der Waals surface area contributed by atoms with E-state index in [9.17, 15) is 9.59 Å². The van der Waals surface area contributed by atoms with Gasteiger partial charge in [0.2, 0.25) is 0 Å². The number of hydrogen-bond donors (Lipinski definition) is 1. The third kappa shape index (κ3) is 5.38. The standard InChI is InChI=1S/C24H23NO2/c26-18-20-12-14-21(15-13-20)23-11-6-8-19(17-23)7-4-5-16-25-24(27)22-9-2-1-3-10-22/h1-3,6,8-15,17-18H,4-5,7,16H2,(H,25,27). The maximum Gasteiger partial charge on any atom is 0.251 e. The van der Waals surface area contributed by atoms with Gasteiger partial charge >= 0.3 is 0 Å². The van der Waals surface area contributed by atoms with E-state index in [-0.39, 0.29) is 5.91 Å². The zero-order valence-electron chi connectivity index (χ0n) is 15.2. The average molecular weight is 357 g/mol. The lowest BCUT2D eigenvalue weighted by molar-refractivity contribution is 0.0952. The van der Waals surface area contributed by atoms with Crippen LogP contribution in [0.25, 0.3) is 11.1 Å². The van der Waals surface area contributed by atoms with E-state index in [1.807, 2.05) is 54.6 Å². The van der Waals surface area contributed by atoms with E-state index in [1.165, 1.54) is 5.56 Å². The molecule has 0 saturated heterocycles. The monoisotopic (exact) mass is 357 g/mol. The predicted molar refractivity (Wildman–Crippen MR) is 109 cm³/mol. The fraction of sp³-hybridized carbons (Fsp3) is 0.167. The molecular formula is C24H23NO2. The molecule has 0 aromatic heterocycles. The van der Waals surface area contributed by atoms with Crippen LogP contribution in [0.2, 0.25) is 0 Å². The lowest BCUT2D eigenvalue weighted by Gasteiger charge is -2.07. The number of aldehydes is 1. The molecule has 3 aromatic carbocycles. The maximum absolute atomic E-state index is 12.0. The van der Waals surface area contributed by atoms with Crippen LogP contribution in [-0.2, 0) is 6.42 Å². The van der Waals surface area contributed by atoms with Crippen LogP contribution in [0.4, 0.5) is 0 Å². The molecule has 3 aromatic rings. The van der Waals surface area contributed by atoms with E-state index < -0.39 is 0 Å². The van der Waals surface area contributed by atoms with Crippen LogP contribution in [0.3, 0.4) is 0 Å². The van der Waals surface area contributed by atoms with Gasteiger partial charge in [0.05, 0.1) is 0 Å². The minimum Gasteiger partial charge on any atom is -0.352 e. The third-order valence-electron chi connectivity index (χ3n) is 4.52. The summed E-state index contributed by atoms with van der Waals surface area (Å²) in [6.45, 7) is 0.681. The van der Waals surface area contributed by atoms with E-state index in [0.29, 0.717) is 17.7 Å². The highest BCUT2D eigenvalue weighted by atomic mass is 16.1. The van der Waals surface area contributed by atoms with Gasteiger partial charge in [-0.15, -0.1) is 0 Å². The Hall–Kier alpha value is -3.20. The number of unbranched alkanes of at least 4 members (excludes halogenated alkanes) is 1. The minimum atomic E-state index is -0.0173. The lowest BCUT2D eigenvalue weighted by atomic mass is 10.00. The van der Waals surface area contributed by atoms with Crippen molar-refractivity contribution in [1.82, 2.24) is 5.32 Å². The van der Waals surface area contributed by atoms with Crippen molar-refractivity contribution in [2.24, 2.45) is 0 Å². The first-order chi connectivity index (χ1) is 13.3. The summed E-state index contributed by atoms with van der Waals surface area (Å²) in [4.78, 5) is 22.8. The fourth-order valence-electron chi connectivity index (χ4n) is 3.01. The van der Waals surface area contributed by atoms with Gasteiger partial charge in [-0.25, -0.2) is 0 Å². The second-order valence-corrected chi connectivity index (χ2v) is 6.52. The molecular weight excluding hydrogens is 334 g/mol. The van der Waals surface area contributed by atoms with Crippen LogP contribution in [0.1, 0.15) is 39.1 Å². The van der Waals surface area contributed by atoms with Crippen LogP contribution >= 0.6 is 0 Å². The summed E-state index contributed by atoms with van der Waals surface area (Å²) in [6, 6.07) is 25.4. The summed E-state index contributed by atoms with van der Waals surface area (Å²) in [5.74, 6) is -0.0173. The Balaban J connectivity index is 1.47. The summed E-state index contributed by atoms with van der Waals surface area (Å²) in [6.07, 6.45) is 3.79. The van der Waals surface area contributed by atoms with Crippen LogP contribution in [0, 0.1) is 0 Å². The average Bonchev–Trinajstić information content (AvgIpc) is 2.74. The van der Waals surface area contributed by atoms with Gasteiger partial charge in [0, 0.05) is 17.7 Å². The van der Waals surface area contributed by atoms with Gasteiger partial charge in [0.1, 0.15) is 6.29 Å². The summed E-state index contributed by atoms with van der Waals surface area (Å²) < 4.78 is 0. The summed E-state index contributed by atoms with van der Waals surface area (Å²) in [7, 11) is 0. The fourth-order valence-corrected chi connectivity index (χ4v) is 3.01. The number of carbonyl (C=O) groups is 2. The first-order valence-corrected chi connectivity index (χ1v) is 9.24. The van der Waals surface area contributed by atoms with E-state index in [1.54, 1.807) is 0 Å². The number of rotatable bonds is 8. The second-order valence-electron chi connectivity index (χ2n) is 6.52. The van der Waals surface area contributed by atoms with Gasteiger partial charge in [-0.2, -0.15) is 0 Å².